The number of carbonyl (C=O) groups is 1. The molecule has 0 saturated carbocycles. The van der Waals surface area contributed by atoms with Gasteiger partial charge >= 0.3 is 5.97 Å². The maximum absolute atomic E-state index is 11.9. The Morgan fingerprint density at radius 1 is 1.33 bits per heavy atom. The highest BCUT2D eigenvalue weighted by Crippen LogP contribution is 2.31. The quantitative estimate of drug-likeness (QED) is 0.769. The van der Waals surface area contributed by atoms with Crippen LogP contribution in [0.4, 0.5) is 0 Å². The minimum atomic E-state index is -0.207. The number of piperidine rings is 1. The van der Waals surface area contributed by atoms with Crippen molar-refractivity contribution in [2.24, 2.45) is 0 Å². The van der Waals surface area contributed by atoms with Crippen LogP contribution in [0.3, 0.4) is 0 Å². The molecule has 6 heteroatoms. The molecule has 116 valence electrons. The van der Waals surface area contributed by atoms with Gasteiger partial charge in [-0.1, -0.05) is 6.42 Å². The van der Waals surface area contributed by atoms with Crippen molar-refractivity contribution < 1.29 is 19.0 Å². The monoisotopic (exact) mass is 294 g/mol. The second kappa shape index (κ2) is 7.26. The molecule has 2 heterocycles. The summed E-state index contributed by atoms with van der Waals surface area (Å²) in [7, 11) is 4.62. The summed E-state index contributed by atoms with van der Waals surface area (Å²) in [5.41, 5.74) is 0.771. The molecule has 0 bridgehead atoms. The molecular formula is C15H22N2O4. The lowest BCUT2D eigenvalue weighted by Crippen LogP contribution is -2.44. The van der Waals surface area contributed by atoms with Crippen molar-refractivity contribution in [1.82, 2.24) is 9.88 Å². The zero-order valence-electron chi connectivity index (χ0n) is 12.8. The number of nitrogens with zero attached hydrogens (tertiary/aromatic N) is 2. The van der Waals surface area contributed by atoms with Crippen LogP contribution in [0.15, 0.2) is 12.3 Å². The van der Waals surface area contributed by atoms with Crippen LogP contribution in [0.25, 0.3) is 0 Å². The van der Waals surface area contributed by atoms with Crippen molar-refractivity contribution in [3.63, 3.8) is 0 Å². The molecule has 0 amide bonds. The molecule has 1 aromatic heterocycles. The zero-order chi connectivity index (χ0) is 15.2. The van der Waals surface area contributed by atoms with E-state index in [1.54, 1.807) is 26.5 Å². The minimum absolute atomic E-state index is 0.184. The molecule has 0 aliphatic carbocycles. The van der Waals surface area contributed by atoms with E-state index in [0.29, 0.717) is 18.0 Å². The number of carbonyl (C=O) groups excluding carboxylic acids is 1. The molecular weight excluding hydrogens is 272 g/mol. The predicted molar refractivity (Wildman–Crippen MR) is 77.4 cm³/mol. The highest BCUT2D eigenvalue weighted by Gasteiger charge is 2.30. The van der Waals surface area contributed by atoms with E-state index in [4.69, 9.17) is 14.2 Å². The fourth-order valence-corrected chi connectivity index (χ4v) is 2.74. The molecule has 21 heavy (non-hydrogen) atoms. The number of pyridine rings is 1. The Morgan fingerprint density at radius 2 is 2.14 bits per heavy atom. The molecule has 1 atom stereocenters. The van der Waals surface area contributed by atoms with Crippen molar-refractivity contribution in [3.05, 3.63) is 18.0 Å². The van der Waals surface area contributed by atoms with E-state index >= 15 is 0 Å². The Balaban J connectivity index is 2.21. The van der Waals surface area contributed by atoms with Crippen LogP contribution in [0.5, 0.6) is 11.5 Å². The molecule has 1 fully saturated rings. The van der Waals surface area contributed by atoms with Crippen LogP contribution in [-0.4, -0.2) is 49.8 Å². The molecule has 1 aromatic rings. The van der Waals surface area contributed by atoms with Gasteiger partial charge < -0.3 is 14.2 Å². The molecule has 2 rings (SSSR count). The number of esters is 1. The molecule has 1 saturated heterocycles. The van der Waals surface area contributed by atoms with Crippen LogP contribution in [-0.2, 0) is 16.1 Å². The first-order chi connectivity index (χ1) is 10.2. The Morgan fingerprint density at radius 3 is 2.81 bits per heavy atom. The van der Waals surface area contributed by atoms with Gasteiger partial charge in [0, 0.05) is 18.8 Å². The number of hydrogen-bond donors (Lipinski definition) is 0. The summed E-state index contributed by atoms with van der Waals surface area (Å²) in [5, 5.41) is 0. The normalized spacial score (nSPS) is 19.1. The van der Waals surface area contributed by atoms with Crippen LogP contribution in [0.1, 0.15) is 25.0 Å². The van der Waals surface area contributed by atoms with Crippen molar-refractivity contribution in [3.8, 4) is 11.5 Å². The van der Waals surface area contributed by atoms with Gasteiger partial charge in [0.2, 0.25) is 0 Å². The van der Waals surface area contributed by atoms with Gasteiger partial charge in [-0.2, -0.15) is 0 Å². The van der Waals surface area contributed by atoms with Gasteiger partial charge in [-0.3, -0.25) is 14.7 Å². The number of hydrogen-bond acceptors (Lipinski definition) is 6. The first-order valence-corrected chi connectivity index (χ1v) is 7.09. The van der Waals surface area contributed by atoms with Gasteiger partial charge in [-0.05, 0) is 19.4 Å². The smallest absolute Gasteiger partial charge is 0.323 e. The molecule has 0 aromatic carbocycles. The topological polar surface area (TPSA) is 60.9 Å². The lowest BCUT2D eigenvalue weighted by molar-refractivity contribution is -0.148. The van der Waals surface area contributed by atoms with Crippen molar-refractivity contribution in [1.29, 1.82) is 0 Å². The number of rotatable bonds is 5. The average Bonchev–Trinajstić information content (AvgIpc) is 2.54. The minimum Gasteiger partial charge on any atom is -0.493 e. The van der Waals surface area contributed by atoms with E-state index < -0.39 is 0 Å². The second-order valence-electron chi connectivity index (χ2n) is 5.00. The van der Waals surface area contributed by atoms with Crippen LogP contribution in [0, 0.1) is 0 Å². The maximum atomic E-state index is 11.9. The van der Waals surface area contributed by atoms with E-state index in [1.807, 2.05) is 0 Å². The van der Waals surface area contributed by atoms with Crippen LogP contribution in [0.2, 0.25) is 0 Å². The van der Waals surface area contributed by atoms with Gasteiger partial charge in [-0.25, -0.2) is 0 Å². The zero-order valence-corrected chi connectivity index (χ0v) is 12.8. The average molecular weight is 294 g/mol. The Hall–Kier alpha value is -1.82. The third kappa shape index (κ3) is 3.44. The Kier molecular flexibility index (Phi) is 5.38. The summed E-state index contributed by atoms with van der Waals surface area (Å²) in [6.07, 6.45) is 4.62. The van der Waals surface area contributed by atoms with E-state index in [0.717, 1.165) is 31.5 Å². The van der Waals surface area contributed by atoms with Crippen LogP contribution < -0.4 is 9.47 Å². The van der Waals surface area contributed by atoms with Gasteiger partial charge in [0.1, 0.15) is 11.7 Å². The van der Waals surface area contributed by atoms with Gasteiger partial charge in [0.15, 0.2) is 11.5 Å². The maximum Gasteiger partial charge on any atom is 0.323 e. The van der Waals surface area contributed by atoms with E-state index in [-0.39, 0.29) is 12.0 Å². The Labute approximate surface area is 125 Å². The fraction of sp³-hybridized carbons (Fsp3) is 0.600. The lowest BCUT2D eigenvalue weighted by atomic mass is 10.0. The van der Waals surface area contributed by atoms with Gasteiger partial charge in [0.25, 0.3) is 0 Å². The summed E-state index contributed by atoms with van der Waals surface area (Å²) in [4.78, 5) is 18.4. The number of ether oxygens (including phenoxy) is 3. The summed E-state index contributed by atoms with van der Waals surface area (Å²) >= 11 is 0. The van der Waals surface area contributed by atoms with Crippen molar-refractivity contribution in [2.75, 3.05) is 27.9 Å². The Bertz CT molecular complexity index is 493. The summed E-state index contributed by atoms with van der Waals surface area (Å²) in [6, 6.07) is 1.55. The van der Waals surface area contributed by atoms with E-state index in [2.05, 4.69) is 9.88 Å². The highest BCUT2D eigenvalue weighted by molar-refractivity contribution is 5.75. The predicted octanol–water partition coefficient (Wildman–Crippen LogP) is 1.63. The highest BCUT2D eigenvalue weighted by atomic mass is 16.5. The van der Waals surface area contributed by atoms with Crippen LogP contribution >= 0.6 is 0 Å². The first-order valence-electron chi connectivity index (χ1n) is 7.09. The molecule has 0 N–H and O–H groups in total. The van der Waals surface area contributed by atoms with E-state index in [9.17, 15) is 4.79 Å². The molecule has 6 nitrogen and oxygen atoms in total. The summed E-state index contributed by atoms with van der Waals surface area (Å²) in [6.45, 7) is 1.39. The number of likely N-dealkylation sites (tertiary alicyclic amines) is 1. The second-order valence-corrected chi connectivity index (χ2v) is 5.00. The molecule has 1 unspecified atom stereocenters. The third-order valence-electron chi connectivity index (χ3n) is 3.81. The fourth-order valence-electron chi connectivity index (χ4n) is 2.74. The van der Waals surface area contributed by atoms with E-state index in [1.165, 1.54) is 7.11 Å². The standard InChI is InChI=1S/C15H22N2O4/c1-19-13-7-8-16-11(14(13)20-2)10-17-9-5-4-6-12(17)15(18)21-3/h7-8,12H,4-6,9-10H2,1-3H3. The van der Waals surface area contributed by atoms with Gasteiger partial charge in [0.05, 0.1) is 21.3 Å². The largest absolute Gasteiger partial charge is 0.493 e. The third-order valence-corrected chi connectivity index (χ3v) is 3.81. The van der Waals surface area contributed by atoms with Crippen molar-refractivity contribution in [2.45, 2.75) is 31.8 Å². The molecule has 0 radical (unpaired) electrons. The lowest BCUT2D eigenvalue weighted by Gasteiger charge is -2.33. The SMILES string of the molecule is COC(=O)C1CCCCN1Cc1nccc(OC)c1OC. The molecule has 1 aliphatic heterocycles. The number of methoxy groups -OCH3 is 3. The molecule has 1 aliphatic rings. The molecule has 0 spiro atoms. The van der Waals surface area contributed by atoms with Crippen molar-refractivity contribution >= 4 is 5.97 Å². The first kappa shape index (κ1) is 15.6. The van der Waals surface area contributed by atoms with Gasteiger partial charge in [-0.15, -0.1) is 0 Å². The summed E-state index contributed by atoms with van der Waals surface area (Å²) in [5.74, 6) is 1.08. The number of aromatic nitrogens is 1. The summed E-state index contributed by atoms with van der Waals surface area (Å²) < 4.78 is 15.6.